The molecule has 0 spiro atoms. The van der Waals surface area contributed by atoms with Gasteiger partial charge in [-0.05, 0) is 5.18 Å². The molecule has 42 valence electrons. The van der Waals surface area contributed by atoms with Crippen molar-refractivity contribution in [3.05, 3.63) is 10.6 Å². The number of hydrogen-bond acceptors (Lipinski definition) is 4. The van der Waals surface area contributed by atoms with Crippen LogP contribution in [0.25, 0.3) is 0 Å². The zero-order valence-corrected chi connectivity index (χ0v) is 3.84. The van der Waals surface area contributed by atoms with Crippen LogP contribution in [-0.4, -0.2) is 11.8 Å². The first-order chi connectivity index (χ1) is 3.72. The van der Waals surface area contributed by atoms with Crippen molar-refractivity contribution in [2.45, 2.75) is 0 Å². The quantitative estimate of drug-likeness (QED) is 0.283. The van der Waals surface area contributed by atoms with Crippen LogP contribution in [0.1, 0.15) is 0 Å². The van der Waals surface area contributed by atoms with E-state index in [-0.39, 0.29) is 0 Å². The molecule has 5 nitrogen and oxygen atoms in total. The van der Waals surface area contributed by atoms with E-state index >= 15 is 0 Å². The molecule has 0 rings (SSSR count). The van der Waals surface area contributed by atoms with Crippen molar-refractivity contribution in [1.29, 1.82) is 5.41 Å². The average molecular weight is 113 g/mol. The second-order valence-corrected chi connectivity index (χ2v) is 0.929. The Balaban J connectivity index is 4.37. The Kier molecular flexibility index (Phi) is 2.16. The van der Waals surface area contributed by atoms with Gasteiger partial charge in [-0.2, -0.15) is 0 Å². The normalized spacial score (nSPS) is 7.00. The fraction of sp³-hybridized carbons (Fsp3) is 0. The van der Waals surface area contributed by atoms with Gasteiger partial charge in [-0.25, -0.2) is 0 Å². The smallest absolute Gasteiger partial charge is 0.280 e. The molecule has 0 fully saturated rings. The number of nitrogens with one attached hydrogen (secondary N) is 1. The Morgan fingerprint density at radius 2 is 2.25 bits per heavy atom. The molecule has 0 atom stereocenters. The monoisotopic (exact) mass is 113 g/mol. The summed E-state index contributed by atoms with van der Waals surface area (Å²) in [4.78, 5) is 19.3. The fourth-order valence-corrected chi connectivity index (χ4v) is 0.129. The van der Waals surface area contributed by atoms with Crippen LogP contribution in [0.4, 0.5) is 0 Å². The van der Waals surface area contributed by atoms with E-state index in [2.05, 4.69) is 10.9 Å². The van der Waals surface area contributed by atoms with Crippen molar-refractivity contribution in [3.8, 4) is 0 Å². The van der Waals surface area contributed by atoms with Crippen molar-refractivity contribution >= 4 is 11.8 Å². The third kappa shape index (κ3) is 1.32. The van der Waals surface area contributed by atoms with Gasteiger partial charge >= 0.3 is 0 Å². The first-order valence-electron chi connectivity index (χ1n) is 1.65. The summed E-state index contributed by atoms with van der Waals surface area (Å²) in [5.74, 6) is 0.432. The number of primary amides is 1. The average Bonchev–Trinajstić information content (AvgIpc) is 1.69. The number of carbonyl (C=O) groups is 1. The Hall–Kier alpha value is -1.48. The summed E-state index contributed by atoms with van der Waals surface area (Å²) in [6.45, 7) is 0. The van der Waals surface area contributed by atoms with Crippen molar-refractivity contribution in [1.82, 2.24) is 0 Å². The molecule has 8 heavy (non-hydrogen) atoms. The zero-order valence-electron chi connectivity index (χ0n) is 3.84. The van der Waals surface area contributed by atoms with Gasteiger partial charge in [0, 0.05) is 5.87 Å². The first kappa shape index (κ1) is 6.52. The molecule has 0 aliphatic heterocycles. The highest BCUT2D eigenvalue weighted by atomic mass is 16.3. The number of rotatable bonds is 2. The van der Waals surface area contributed by atoms with Crippen molar-refractivity contribution in [3.63, 3.8) is 0 Å². The van der Waals surface area contributed by atoms with E-state index in [9.17, 15) is 9.70 Å². The van der Waals surface area contributed by atoms with Crippen LogP contribution in [0.3, 0.4) is 0 Å². The molecule has 0 unspecified atom stereocenters. The Bertz CT molecular complexity index is 167. The van der Waals surface area contributed by atoms with Crippen molar-refractivity contribution < 1.29 is 4.79 Å². The molecular formula is C3H3N3O2. The Morgan fingerprint density at radius 1 is 1.75 bits per heavy atom. The molecule has 0 aliphatic carbocycles. The molecule has 0 radical (unpaired) electrons. The van der Waals surface area contributed by atoms with Crippen LogP contribution >= 0.6 is 0 Å². The minimum Gasteiger partial charge on any atom is -0.364 e. The molecule has 0 aromatic rings. The van der Waals surface area contributed by atoms with Gasteiger partial charge in [0.15, 0.2) is 0 Å². The third-order valence-electron chi connectivity index (χ3n) is 0.443. The molecule has 0 bridgehead atoms. The fourth-order valence-electron chi connectivity index (χ4n) is 0.129. The van der Waals surface area contributed by atoms with Gasteiger partial charge in [0.2, 0.25) is 5.70 Å². The molecule has 0 aliphatic rings. The molecule has 1 amide bonds. The van der Waals surface area contributed by atoms with E-state index in [4.69, 9.17) is 5.41 Å². The van der Waals surface area contributed by atoms with Crippen molar-refractivity contribution in [2.24, 2.45) is 10.9 Å². The maximum absolute atomic E-state index is 9.87. The molecule has 0 saturated carbocycles. The lowest BCUT2D eigenvalue weighted by Crippen LogP contribution is -2.12. The van der Waals surface area contributed by atoms with Gasteiger partial charge < -0.3 is 5.73 Å². The summed E-state index contributed by atoms with van der Waals surface area (Å²) in [7, 11) is 0. The molecular weight excluding hydrogens is 110 g/mol. The van der Waals surface area contributed by atoms with Gasteiger partial charge in [-0.15, -0.1) is 4.91 Å². The number of nitrogens with two attached hydrogens (primary N) is 1. The van der Waals surface area contributed by atoms with Crippen LogP contribution in [0.5, 0.6) is 0 Å². The van der Waals surface area contributed by atoms with Crippen LogP contribution in [0.2, 0.25) is 0 Å². The van der Waals surface area contributed by atoms with Gasteiger partial charge in [-0.3, -0.25) is 10.2 Å². The van der Waals surface area contributed by atoms with Gasteiger partial charge in [0.05, 0.1) is 0 Å². The molecule has 0 aromatic carbocycles. The second kappa shape index (κ2) is 2.65. The first-order valence-corrected chi connectivity index (χ1v) is 1.65. The largest absolute Gasteiger partial charge is 0.364 e. The summed E-state index contributed by atoms with van der Waals surface area (Å²) >= 11 is 0. The lowest BCUT2D eigenvalue weighted by Gasteiger charge is -1.78. The standard InChI is InChI=1S/C3H3N3O2/c4-1-2(6-8)3(5)7/h4H,(H2,5,7). The zero-order chi connectivity index (χ0) is 6.57. The van der Waals surface area contributed by atoms with E-state index in [1.807, 2.05) is 0 Å². The Labute approximate surface area is 44.7 Å². The molecule has 0 heterocycles. The van der Waals surface area contributed by atoms with Gasteiger partial charge in [-0.1, -0.05) is 0 Å². The van der Waals surface area contributed by atoms with E-state index in [0.717, 1.165) is 0 Å². The maximum Gasteiger partial charge on any atom is 0.280 e. The lowest BCUT2D eigenvalue weighted by atomic mass is 10.5. The van der Waals surface area contributed by atoms with E-state index < -0.39 is 11.6 Å². The van der Waals surface area contributed by atoms with Gasteiger partial charge in [0.25, 0.3) is 5.91 Å². The Morgan fingerprint density at radius 3 is 2.25 bits per heavy atom. The summed E-state index contributed by atoms with van der Waals surface area (Å²) in [6, 6.07) is 0. The summed E-state index contributed by atoms with van der Waals surface area (Å²) in [5, 5.41) is 8.31. The highest BCUT2D eigenvalue weighted by molar-refractivity contribution is 5.99. The molecule has 0 saturated heterocycles. The van der Waals surface area contributed by atoms with Gasteiger partial charge in [0.1, 0.15) is 0 Å². The van der Waals surface area contributed by atoms with E-state index in [1.165, 1.54) is 5.87 Å². The number of hydrogen-bond donors (Lipinski definition) is 2. The lowest BCUT2D eigenvalue weighted by molar-refractivity contribution is -0.114. The number of nitroso groups, excluding NO2 is 1. The minimum absolute atomic E-state index is 0.690. The molecule has 3 N–H and O–H groups in total. The molecule has 0 aromatic heterocycles. The maximum atomic E-state index is 9.87. The summed E-state index contributed by atoms with van der Waals surface area (Å²) < 4.78 is 0. The van der Waals surface area contributed by atoms with E-state index in [1.54, 1.807) is 0 Å². The van der Waals surface area contributed by atoms with Crippen LogP contribution < -0.4 is 5.73 Å². The number of carbonyl (C=O) groups excluding carboxylic acids is 1. The van der Waals surface area contributed by atoms with E-state index in [0.29, 0.717) is 0 Å². The second-order valence-electron chi connectivity index (χ2n) is 0.929. The number of amides is 1. The minimum atomic E-state index is -1.03. The van der Waals surface area contributed by atoms with Crippen LogP contribution in [0.15, 0.2) is 10.9 Å². The highest BCUT2D eigenvalue weighted by Gasteiger charge is 2.01. The highest BCUT2D eigenvalue weighted by Crippen LogP contribution is 1.83. The predicted octanol–water partition coefficient (Wildman–Crippen LogP) is -0.630. The predicted molar refractivity (Wildman–Crippen MR) is 26.2 cm³/mol. The summed E-state index contributed by atoms with van der Waals surface area (Å²) in [5.41, 5.74) is 3.82. The topological polar surface area (TPSA) is 96.4 Å². The number of nitrogens with zero attached hydrogens (tertiary/aromatic N) is 1. The third-order valence-corrected chi connectivity index (χ3v) is 0.443. The molecule has 5 heteroatoms. The SMILES string of the molecule is N=C=C(N=O)C(N)=O. The van der Waals surface area contributed by atoms with Crippen LogP contribution in [-0.2, 0) is 4.79 Å². The van der Waals surface area contributed by atoms with Crippen LogP contribution in [0, 0.1) is 10.3 Å². The van der Waals surface area contributed by atoms with Crippen molar-refractivity contribution in [2.75, 3.05) is 0 Å². The summed E-state index contributed by atoms with van der Waals surface area (Å²) in [6.07, 6.45) is 0.